The fourth-order valence-electron chi connectivity index (χ4n) is 6.19. The molecule has 4 nitrogen and oxygen atoms in total. The monoisotopic (exact) mass is 526 g/mol. The van der Waals surface area contributed by atoms with Crippen molar-refractivity contribution in [3.63, 3.8) is 0 Å². The predicted octanol–water partition coefficient (Wildman–Crippen LogP) is 5.69. The molecule has 1 N–H and O–H groups in total. The van der Waals surface area contributed by atoms with Gasteiger partial charge in [-0.15, -0.1) is 0 Å². The van der Waals surface area contributed by atoms with E-state index in [1.165, 1.54) is 26.8 Å². The molecule has 0 radical (unpaired) electrons. The molecular formula is C36H34N2O2. The van der Waals surface area contributed by atoms with E-state index in [4.69, 9.17) is 0 Å². The molecule has 0 saturated heterocycles. The number of nitrogens with one attached hydrogen (secondary N) is 1. The number of rotatable bonds is 6. The molecular weight excluding hydrogens is 492 g/mol. The summed E-state index contributed by atoms with van der Waals surface area (Å²) in [6, 6.07) is 28.0. The largest absolute Gasteiger partial charge is 0.322 e. The normalized spacial score (nSPS) is 15.5. The van der Waals surface area contributed by atoms with Crippen molar-refractivity contribution in [1.29, 1.82) is 0 Å². The van der Waals surface area contributed by atoms with Gasteiger partial charge in [-0.05, 0) is 108 Å². The van der Waals surface area contributed by atoms with E-state index in [1.54, 1.807) is 0 Å². The van der Waals surface area contributed by atoms with Crippen molar-refractivity contribution < 1.29 is 9.59 Å². The van der Waals surface area contributed by atoms with Crippen molar-refractivity contribution in [2.75, 3.05) is 18.9 Å². The smallest absolute Gasteiger partial charge is 0.255 e. The molecule has 0 aliphatic heterocycles. The highest BCUT2D eigenvalue weighted by molar-refractivity contribution is 6.24. The van der Waals surface area contributed by atoms with Gasteiger partial charge in [0.05, 0.1) is 6.04 Å². The zero-order chi connectivity index (χ0) is 27.8. The predicted molar refractivity (Wildman–Crippen MR) is 162 cm³/mol. The zero-order valence-electron chi connectivity index (χ0n) is 23.3. The SMILES string of the molecule is CCN(C)C1C=c2ccccc2=c2ccc3c(c21)CCCC=3C(=O)c1ccc(NC(=O)c2ccccc2C)cc1. The maximum Gasteiger partial charge on any atom is 0.255 e. The number of benzene rings is 4. The van der Waals surface area contributed by atoms with Crippen LogP contribution in [0.5, 0.6) is 0 Å². The number of nitrogens with zero attached hydrogens (tertiary/aromatic N) is 1. The summed E-state index contributed by atoms with van der Waals surface area (Å²) in [5.74, 6) is -0.0826. The molecule has 0 bridgehead atoms. The topological polar surface area (TPSA) is 49.4 Å². The van der Waals surface area contributed by atoms with E-state index < -0.39 is 0 Å². The minimum Gasteiger partial charge on any atom is -0.322 e. The molecule has 2 aliphatic carbocycles. The van der Waals surface area contributed by atoms with Crippen molar-refractivity contribution in [2.24, 2.45) is 0 Å². The van der Waals surface area contributed by atoms with Crippen molar-refractivity contribution >= 4 is 29.0 Å². The van der Waals surface area contributed by atoms with Crippen LogP contribution in [0.15, 0.2) is 84.9 Å². The molecule has 1 amide bonds. The number of anilines is 1. The van der Waals surface area contributed by atoms with Gasteiger partial charge in [0.25, 0.3) is 5.91 Å². The lowest BCUT2D eigenvalue weighted by molar-refractivity contribution is 0.102. The van der Waals surface area contributed by atoms with Gasteiger partial charge in [0.15, 0.2) is 5.78 Å². The second-order valence-corrected chi connectivity index (χ2v) is 10.8. The summed E-state index contributed by atoms with van der Waals surface area (Å²) in [5.41, 5.74) is 6.44. The van der Waals surface area contributed by atoms with E-state index in [-0.39, 0.29) is 17.7 Å². The lowest BCUT2D eigenvalue weighted by Crippen LogP contribution is -2.32. The Bertz CT molecular complexity index is 1850. The fourth-order valence-corrected chi connectivity index (χ4v) is 6.19. The first-order valence-electron chi connectivity index (χ1n) is 14.1. The number of hydrogen-bond donors (Lipinski definition) is 1. The third kappa shape index (κ3) is 4.59. The summed E-state index contributed by atoms with van der Waals surface area (Å²) in [4.78, 5) is 29.0. The number of carbonyl (C=O) groups is 2. The van der Waals surface area contributed by atoms with Crippen molar-refractivity contribution in [3.8, 4) is 0 Å². The quantitative estimate of drug-likeness (QED) is 0.329. The van der Waals surface area contributed by atoms with Crippen LogP contribution in [0.2, 0.25) is 0 Å². The molecule has 4 aromatic carbocycles. The summed E-state index contributed by atoms with van der Waals surface area (Å²) in [6.07, 6.45) is 5.08. The minimum absolute atomic E-state index is 0.0678. The van der Waals surface area contributed by atoms with Gasteiger partial charge in [0.1, 0.15) is 0 Å². The number of amides is 1. The van der Waals surface area contributed by atoms with Crippen LogP contribution in [0.4, 0.5) is 5.69 Å². The number of ketones is 1. The van der Waals surface area contributed by atoms with Crippen LogP contribution in [0.1, 0.15) is 63.2 Å². The van der Waals surface area contributed by atoms with E-state index in [0.29, 0.717) is 16.8 Å². The number of fused-ring (bicyclic) bond motifs is 4. The summed E-state index contributed by atoms with van der Waals surface area (Å²) >= 11 is 0. The maximum atomic E-state index is 13.9. The van der Waals surface area contributed by atoms with Gasteiger partial charge in [0.2, 0.25) is 0 Å². The highest BCUT2D eigenvalue weighted by atomic mass is 16.1. The lowest BCUT2D eigenvalue weighted by atomic mass is 9.82. The standard InChI is InChI=1S/C36H34N2O2/c1-4-38(3)33-22-25-11-6-8-13-28(25)31-21-20-29-30(34(31)33)14-9-15-32(29)35(39)24-16-18-26(19-17-24)37-36(40)27-12-7-5-10-23(27)2/h5-8,10-13,16-22,33H,4,9,14-15H2,1-3H3,(H,37,40). The summed E-state index contributed by atoms with van der Waals surface area (Å²) in [7, 11) is 2.18. The molecule has 0 aromatic heterocycles. The van der Waals surface area contributed by atoms with Gasteiger partial charge in [-0.3, -0.25) is 14.5 Å². The lowest BCUT2D eigenvalue weighted by Gasteiger charge is -2.30. The van der Waals surface area contributed by atoms with Gasteiger partial charge in [-0.2, -0.15) is 0 Å². The Morgan fingerprint density at radius 3 is 2.35 bits per heavy atom. The average molecular weight is 527 g/mol. The van der Waals surface area contributed by atoms with E-state index >= 15 is 0 Å². The van der Waals surface area contributed by atoms with Crippen molar-refractivity contribution in [1.82, 2.24) is 4.90 Å². The molecule has 1 unspecified atom stereocenters. The van der Waals surface area contributed by atoms with Crippen LogP contribution < -0.4 is 15.8 Å². The van der Waals surface area contributed by atoms with Gasteiger partial charge < -0.3 is 5.32 Å². The van der Waals surface area contributed by atoms with E-state index in [1.807, 2.05) is 55.5 Å². The zero-order valence-corrected chi connectivity index (χ0v) is 23.3. The molecule has 200 valence electrons. The van der Waals surface area contributed by atoms with Gasteiger partial charge >= 0.3 is 0 Å². The van der Waals surface area contributed by atoms with Crippen LogP contribution in [0.25, 0.3) is 11.6 Å². The second kappa shape index (κ2) is 10.7. The number of hydrogen-bond acceptors (Lipinski definition) is 3. The molecule has 1 atom stereocenters. The third-order valence-electron chi connectivity index (χ3n) is 8.46. The highest BCUT2D eigenvalue weighted by Crippen LogP contribution is 2.31. The van der Waals surface area contributed by atoms with E-state index in [0.717, 1.165) is 42.2 Å². The van der Waals surface area contributed by atoms with Crippen LogP contribution in [0.3, 0.4) is 0 Å². The maximum absolute atomic E-state index is 13.9. The Kier molecular flexibility index (Phi) is 6.95. The Morgan fingerprint density at radius 1 is 0.850 bits per heavy atom. The second-order valence-electron chi connectivity index (χ2n) is 10.8. The Labute approximate surface area is 235 Å². The molecule has 0 spiro atoms. The summed E-state index contributed by atoms with van der Waals surface area (Å²) in [5, 5.41) is 7.87. The first kappa shape index (κ1) is 26.0. The van der Waals surface area contributed by atoms with Crippen LogP contribution in [-0.4, -0.2) is 30.2 Å². The number of carbonyl (C=O) groups excluding carboxylic acids is 2. The number of Topliss-reactive ketones (excluding diaryl/α,β-unsaturated/α-hetero) is 1. The minimum atomic E-state index is -0.150. The van der Waals surface area contributed by atoms with Gasteiger partial charge in [-0.1, -0.05) is 67.6 Å². The van der Waals surface area contributed by atoms with E-state index in [2.05, 4.69) is 66.7 Å². The molecule has 40 heavy (non-hydrogen) atoms. The fraction of sp³-hybridized carbons (Fsp3) is 0.222. The number of aryl methyl sites for hydroxylation is 1. The van der Waals surface area contributed by atoms with Crippen LogP contribution in [0, 0.1) is 17.4 Å². The molecule has 0 fully saturated rings. The average Bonchev–Trinajstić information content (AvgIpc) is 2.99. The van der Waals surface area contributed by atoms with Crippen molar-refractivity contribution in [3.05, 3.63) is 134 Å². The van der Waals surface area contributed by atoms with E-state index in [9.17, 15) is 9.59 Å². The molecule has 4 heteroatoms. The Hall–Kier alpha value is -4.28. The molecule has 0 heterocycles. The Morgan fingerprint density at radius 2 is 1.57 bits per heavy atom. The first-order valence-corrected chi connectivity index (χ1v) is 14.1. The van der Waals surface area contributed by atoms with Crippen LogP contribution in [-0.2, 0) is 6.42 Å². The Balaban J connectivity index is 1.39. The molecule has 4 aromatic rings. The summed E-state index contributed by atoms with van der Waals surface area (Å²) in [6.45, 7) is 5.05. The van der Waals surface area contributed by atoms with Gasteiger partial charge in [-0.25, -0.2) is 0 Å². The summed E-state index contributed by atoms with van der Waals surface area (Å²) < 4.78 is 0. The van der Waals surface area contributed by atoms with Gasteiger partial charge in [0, 0.05) is 22.4 Å². The third-order valence-corrected chi connectivity index (χ3v) is 8.46. The molecule has 0 saturated carbocycles. The highest BCUT2D eigenvalue weighted by Gasteiger charge is 2.26. The first-order chi connectivity index (χ1) is 19.5. The molecule has 2 aliphatic rings. The van der Waals surface area contributed by atoms with Crippen molar-refractivity contribution in [2.45, 2.75) is 39.2 Å². The molecule has 6 rings (SSSR count). The van der Waals surface area contributed by atoms with Crippen LogP contribution >= 0.6 is 0 Å².